The van der Waals surface area contributed by atoms with Crippen molar-refractivity contribution in [3.05, 3.63) is 29.2 Å². The van der Waals surface area contributed by atoms with Crippen LogP contribution in [-0.4, -0.2) is 34.5 Å². The van der Waals surface area contributed by atoms with Gasteiger partial charge in [0.1, 0.15) is 0 Å². The van der Waals surface area contributed by atoms with Gasteiger partial charge in [0, 0.05) is 30.9 Å². The first-order chi connectivity index (χ1) is 7.65. The van der Waals surface area contributed by atoms with E-state index in [1.807, 2.05) is 6.07 Å². The lowest BCUT2D eigenvalue weighted by molar-refractivity contribution is 0.347. The highest BCUT2D eigenvalue weighted by Gasteiger charge is 2.25. The zero-order valence-corrected chi connectivity index (χ0v) is 10.5. The van der Waals surface area contributed by atoms with Crippen LogP contribution < -0.4 is 0 Å². The van der Waals surface area contributed by atoms with Crippen molar-refractivity contribution in [3.63, 3.8) is 0 Å². The Hall–Kier alpha value is -0.670. The van der Waals surface area contributed by atoms with Crippen LogP contribution in [0, 0.1) is 5.92 Å². The van der Waals surface area contributed by atoms with Gasteiger partial charge in [-0.1, -0.05) is 13.8 Å². The second-order valence-electron chi connectivity index (χ2n) is 4.68. The average molecular weight is 239 g/mol. The first kappa shape index (κ1) is 11.8. The number of hydrogen-bond acceptors (Lipinski definition) is 3. The van der Waals surface area contributed by atoms with Gasteiger partial charge in [-0.15, -0.1) is 0 Å². The smallest absolute Gasteiger partial charge is 0.222 e. The van der Waals surface area contributed by atoms with Crippen molar-refractivity contribution in [2.75, 3.05) is 19.6 Å². The van der Waals surface area contributed by atoms with Gasteiger partial charge in [0.15, 0.2) is 0 Å². The molecule has 1 aliphatic heterocycles. The fourth-order valence-electron chi connectivity index (χ4n) is 2.24. The molecule has 1 aliphatic rings. The maximum absolute atomic E-state index is 5.80. The molecule has 0 spiro atoms. The van der Waals surface area contributed by atoms with Gasteiger partial charge in [-0.2, -0.15) is 0 Å². The molecule has 0 saturated carbocycles. The van der Waals surface area contributed by atoms with Crippen LogP contribution in [0.1, 0.15) is 31.9 Å². The van der Waals surface area contributed by atoms with Crippen LogP contribution in [0.2, 0.25) is 5.28 Å². The van der Waals surface area contributed by atoms with Gasteiger partial charge in [-0.05, 0) is 36.6 Å². The lowest BCUT2D eigenvalue weighted by Crippen LogP contribution is -2.24. The highest BCUT2D eigenvalue weighted by atomic mass is 35.5. The van der Waals surface area contributed by atoms with Gasteiger partial charge in [-0.25, -0.2) is 9.97 Å². The van der Waals surface area contributed by atoms with E-state index in [2.05, 4.69) is 28.7 Å². The molecular formula is C12H17ClN3. The Morgan fingerprint density at radius 3 is 3.06 bits per heavy atom. The van der Waals surface area contributed by atoms with Gasteiger partial charge in [0.2, 0.25) is 5.28 Å². The molecule has 2 rings (SSSR count). The number of hydrogen-bond donors (Lipinski definition) is 0. The Morgan fingerprint density at radius 1 is 1.56 bits per heavy atom. The molecule has 3 nitrogen and oxygen atoms in total. The summed E-state index contributed by atoms with van der Waals surface area (Å²) in [5.74, 6) is 1.97. The Labute approximate surface area is 102 Å². The molecule has 87 valence electrons. The van der Waals surface area contributed by atoms with Crippen molar-refractivity contribution in [2.45, 2.75) is 26.2 Å². The van der Waals surface area contributed by atoms with E-state index in [9.17, 15) is 0 Å². The van der Waals surface area contributed by atoms with Crippen LogP contribution in [0.15, 0.2) is 12.3 Å². The summed E-state index contributed by atoms with van der Waals surface area (Å²) in [6.45, 7) is 7.68. The molecule has 1 radical (unpaired) electrons. The van der Waals surface area contributed by atoms with E-state index < -0.39 is 0 Å². The molecule has 0 N–H and O–H groups in total. The number of nitrogens with zero attached hydrogens (tertiary/aromatic N) is 3. The molecule has 1 atom stereocenters. The summed E-state index contributed by atoms with van der Waals surface area (Å²) in [6, 6.07) is 1.97. The Balaban J connectivity index is 1.98. The van der Waals surface area contributed by atoms with Crippen LogP contribution in [0.5, 0.6) is 0 Å². The van der Waals surface area contributed by atoms with E-state index in [4.69, 9.17) is 11.6 Å². The van der Waals surface area contributed by atoms with Gasteiger partial charge in [0.25, 0.3) is 0 Å². The quantitative estimate of drug-likeness (QED) is 0.758. The zero-order valence-electron chi connectivity index (χ0n) is 9.78. The molecule has 16 heavy (non-hydrogen) atoms. The van der Waals surface area contributed by atoms with Crippen LogP contribution in [0.4, 0.5) is 0 Å². The predicted molar refractivity (Wildman–Crippen MR) is 65.4 cm³/mol. The van der Waals surface area contributed by atoms with E-state index in [1.54, 1.807) is 6.20 Å². The average Bonchev–Trinajstić information content (AvgIpc) is 2.65. The van der Waals surface area contributed by atoms with E-state index in [1.165, 1.54) is 12.3 Å². The Kier molecular flexibility index (Phi) is 3.77. The van der Waals surface area contributed by atoms with E-state index in [-0.39, 0.29) is 0 Å². The number of rotatable bonds is 3. The summed E-state index contributed by atoms with van der Waals surface area (Å²) in [7, 11) is 0. The lowest BCUT2D eigenvalue weighted by Gasteiger charge is -2.17. The molecule has 1 aromatic heterocycles. The summed E-state index contributed by atoms with van der Waals surface area (Å²) in [4.78, 5) is 10.7. The minimum atomic E-state index is 0.356. The zero-order chi connectivity index (χ0) is 11.5. The molecule has 1 unspecified atom stereocenters. The van der Waals surface area contributed by atoms with E-state index >= 15 is 0 Å². The molecular weight excluding hydrogens is 222 g/mol. The Bertz CT molecular complexity index is 354. The van der Waals surface area contributed by atoms with Crippen LogP contribution in [-0.2, 0) is 0 Å². The first-order valence-electron chi connectivity index (χ1n) is 5.65. The summed E-state index contributed by atoms with van der Waals surface area (Å²) in [5, 5.41) is 0.356. The minimum absolute atomic E-state index is 0.356. The summed E-state index contributed by atoms with van der Waals surface area (Å²) >= 11 is 5.80. The molecule has 0 amide bonds. The van der Waals surface area contributed by atoms with E-state index in [0.29, 0.717) is 11.2 Å². The standard InChI is InChI=1S/C12H17ClN3/c1-9(2)7-16-6-4-10(8-16)11-3-5-14-12(13)15-11/h3,5,10H,4,6-8H2,1-2H3. The largest absolute Gasteiger partial charge is 0.302 e. The third-order valence-electron chi connectivity index (χ3n) is 2.88. The normalized spacial score (nSPS) is 21.9. The van der Waals surface area contributed by atoms with Gasteiger partial charge in [0.05, 0.1) is 0 Å². The second-order valence-corrected chi connectivity index (χ2v) is 5.02. The van der Waals surface area contributed by atoms with Gasteiger partial charge in [-0.3, -0.25) is 0 Å². The van der Waals surface area contributed by atoms with Crippen molar-refractivity contribution < 1.29 is 0 Å². The first-order valence-corrected chi connectivity index (χ1v) is 6.03. The van der Waals surface area contributed by atoms with Gasteiger partial charge < -0.3 is 4.90 Å². The number of halogens is 1. The molecule has 0 aliphatic carbocycles. The molecule has 1 saturated heterocycles. The predicted octanol–water partition coefficient (Wildman–Crippen LogP) is 2.53. The number of aromatic nitrogens is 2. The SMILES string of the molecule is C[C](C)CN1CCC(c2ccnc(Cl)n2)C1. The summed E-state index contributed by atoms with van der Waals surface area (Å²) in [5.41, 5.74) is 1.08. The summed E-state index contributed by atoms with van der Waals surface area (Å²) in [6.07, 6.45) is 2.91. The second kappa shape index (κ2) is 5.11. The molecule has 1 aromatic rings. The van der Waals surface area contributed by atoms with Crippen molar-refractivity contribution in [1.29, 1.82) is 0 Å². The van der Waals surface area contributed by atoms with Crippen molar-refractivity contribution in [3.8, 4) is 0 Å². The molecule has 0 bridgehead atoms. The monoisotopic (exact) mass is 238 g/mol. The third-order valence-corrected chi connectivity index (χ3v) is 3.06. The fourth-order valence-corrected chi connectivity index (χ4v) is 2.39. The molecule has 2 heterocycles. The van der Waals surface area contributed by atoms with E-state index in [0.717, 1.165) is 25.3 Å². The highest BCUT2D eigenvalue weighted by molar-refractivity contribution is 6.28. The van der Waals surface area contributed by atoms with Crippen molar-refractivity contribution in [1.82, 2.24) is 14.9 Å². The topological polar surface area (TPSA) is 29.0 Å². The maximum Gasteiger partial charge on any atom is 0.222 e. The number of likely N-dealkylation sites (tertiary alicyclic amines) is 1. The summed E-state index contributed by atoms with van der Waals surface area (Å²) < 4.78 is 0. The minimum Gasteiger partial charge on any atom is -0.302 e. The fraction of sp³-hybridized carbons (Fsp3) is 0.583. The molecule has 0 aromatic carbocycles. The van der Waals surface area contributed by atoms with Gasteiger partial charge >= 0.3 is 0 Å². The van der Waals surface area contributed by atoms with Crippen LogP contribution in [0.3, 0.4) is 0 Å². The maximum atomic E-state index is 5.80. The van der Waals surface area contributed by atoms with Crippen LogP contribution in [0.25, 0.3) is 0 Å². The van der Waals surface area contributed by atoms with Crippen LogP contribution >= 0.6 is 11.6 Å². The van der Waals surface area contributed by atoms with Crippen molar-refractivity contribution in [2.24, 2.45) is 0 Å². The molecule has 4 heteroatoms. The highest BCUT2D eigenvalue weighted by Crippen LogP contribution is 2.26. The third kappa shape index (κ3) is 2.92. The van der Waals surface area contributed by atoms with Crippen molar-refractivity contribution >= 4 is 11.6 Å². The molecule has 1 fully saturated rings. The Morgan fingerprint density at radius 2 is 2.38 bits per heavy atom. The lowest BCUT2D eigenvalue weighted by atomic mass is 10.1.